The van der Waals surface area contributed by atoms with Gasteiger partial charge in [-0.1, -0.05) is 109 Å². The molecular weight excluding hydrogens is 854 g/mol. The van der Waals surface area contributed by atoms with Crippen LogP contribution in [0.4, 0.5) is 51.4 Å². The Bertz CT molecular complexity index is 3720. The first-order valence-corrected chi connectivity index (χ1v) is 24.1. The van der Waals surface area contributed by atoms with Gasteiger partial charge in [-0.2, -0.15) is 0 Å². The Balaban J connectivity index is 1.09. The van der Waals surface area contributed by atoms with Crippen molar-refractivity contribution in [2.45, 2.75) is 13.8 Å². The first-order valence-electron chi connectivity index (χ1n) is 24.1. The lowest BCUT2D eigenvalue weighted by atomic mass is 9.34. The predicted molar refractivity (Wildman–Crippen MR) is 293 cm³/mol. The standard InChI is InChI=1S/C62H46BN7/c1-41-39-66-54-37-48(70(56-30-18-19-35-64-56)57-36-43-20-16-17-29-51(43)65(57)3)38-55-60(54)63(49-31-33-52(58(41)61(49)66)68(44-21-8-4-9-22-44)45-23-10-5-11-24-45)50-32-34-53(59-42(2)40-67(55)62(50)59)69(46-25-12-6-13-26-46)47-27-14-7-15-28-47/h4-40H,1-3H3. The van der Waals surface area contributed by atoms with Crippen molar-refractivity contribution >= 4 is 107 Å². The van der Waals surface area contributed by atoms with Crippen LogP contribution in [0.5, 0.6) is 0 Å². The van der Waals surface area contributed by atoms with Gasteiger partial charge in [0.1, 0.15) is 11.6 Å². The molecule has 14 rings (SSSR count). The molecule has 0 amide bonds. The van der Waals surface area contributed by atoms with E-state index in [0.29, 0.717) is 0 Å². The summed E-state index contributed by atoms with van der Waals surface area (Å²) in [6.45, 7) is 4.50. The maximum atomic E-state index is 5.06. The van der Waals surface area contributed by atoms with Crippen molar-refractivity contribution in [3.8, 4) is 11.4 Å². The van der Waals surface area contributed by atoms with Crippen LogP contribution in [0.1, 0.15) is 11.1 Å². The lowest BCUT2D eigenvalue weighted by Crippen LogP contribution is -2.59. The number of pyridine rings is 1. The number of benzene rings is 8. The molecule has 12 aromatic rings. The van der Waals surface area contributed by atoms with Crippen molar-refractivity contribution in [3.63, 3.8) is 0 Å². The third-order valence-corrected chi connectivity index (χ3v) is 14.7. The normalized spacial score (nSPS) is 12.2. The lowest BCUT2D eigenvalue weighted by Gasteiger charge is -2.36. The van der Waals surface area contributed by atoms with Gasteiger partial charge in [-0.25, -0.2) is 4.98 Å². The van der Waals surface area contributed by atoms with Gasteiger partial charge in [0.05, 0.1) is 28.1 Å². The monoisotopic (exact) mass is 899 g/mol. The van der Waals surface area contributed by atoms with Gasteiger partial charge in [0, 0.05) is 81.4 Å². The van der Waals surface area contributed by atoms with Crippen LogP contribution in [0.25, 0.3) is 44.1 Å². The summed E-state index contributed by atoms with van der Waals surface area (Å²) < 4.78 is 7.28. The van der Waals surface area contributed by atoms with Crippen molar-refractivity contribution in [2.75, 3.05) is 14.7 Å². The Labute approximate surface area is 407 Å². The highest BCUT2D eigenvalue weighted by Crippen LogP contribution is 2.47. The fourth-order valence-electron chi connectivity index (χ4n) is 11.8. The maximum Gasteiger partial charge on any atom is 0.252 e. The van der Waals surface area contributed by atoms with Crippen LogP contribution in [0.2, 0.25) is 0 Å². The molecule has 6 heterocycles. The molecule has 0 bridgehead atoms. The van der Waals surface area contributed by atoms with Crippen LogP contribution in [0, 0.1) is 13.8 Å². The van der Waals surface area contributed by atoms with Crippen molar-refractivity contribution < 1.29 is 0 Å². The van der Waals surface area contributed by atoms with E-state index in [1.165, 1.54) is 54.7 Å². The van der Waals surface area contributed by atoms with Gasteiger partial charge in [-0.15, -0.1) is 0 Å². The molecule has 8 aromatic carbocycles. The number of aromatic nitrogens is 4. The molecule has 0 unspecified atom stereocenters. The van der Waals surface area contributed by atoms with E-state index < -0.39 is 0 Å². The minimum atomic E-state index is -0.0551. The summed E-state index contributed by atoms with van der Waals surface area (Å²) in [6, 6.07) is 74.6. The summed E-state index contributed by atoms with van der Waals surface area (Å²) in [6.07, 6.45) is 6.64. The molecule has 332 valence electrons. The van der Waals surface area contributed by atoms with Crippen molar-refractivity contribution in [2.24, 2.45) is 7.05 Å². The van der Waals surface area contributed by atoms with Gasteiger partial charge < -0.3 is 23.5 Å². The molecule has 2 aliphatic heterocycles. The van der Waals surface area contributed by atoms with E-state index in [-0.39, 0.29) is 6.71 Å². The third kappa shape index (κ3) is 5.86. The first kappa shape index (κ1) is 40.1. The van der Waals surface area contributed by atoms with Crippen LogP contribution in [-0.4, -0.2) is 25.4 Å². The van der Waals surface area contributed by atoms with Gasteiger partial charge in [-0.05, 0) is 138 Å². The van der Waals surface area contributed by atoms with Gasteiger partial charge >= 0.3 is 0 Å². The largest absolute Gasteiger partial charge is 0.330 e. The number of nitrogens with zero attached hydrogens (tertiary/aromatic N) is 7. The van der Waals surface area contributed by atoms with Gasteiger partial charge in [0.25, 0.3) is 6.71 Å². The van der Waals surface area contributed by atoms with Crippen molar-refractivity contribution in [1.82, 2.24) is 18.7 Å². The molecular formula is C62H46BN7. The Morgan fingerprint density at radius 2 is 0.900 bits per heavy atom. The number of hydrogen-bond donors (Lipinski definition) is 0. The van der Waals surface area contributed by atoms with Crippen LogP contribution < -0.4 is 31.1 Å². The second-order valence-electron chi connectivity index (χ2n) is 18.6. The molecule has 0 saturated heterocycles. The molecule has 4 aromatic heterocycles. The molecule has 0 saturated carbocycles. The Kier molecular flexibility index (Phi) is 8.89. The smallest absolute Gasteiger partial charge is 0.252 e. The molecule has 7 nitrogen and oxygen atoms in total. The highest BCUT2D eigenvalue weighted by atomic mass is 15.3. The van der Waals surface area contributed by atoms with E-state index in [1.54, 1.807) is 0 Å². The second kappa shape index (κ2) is 15.5. The zero-order valence-electron chi connectivity index (χ0n) is 39.1. The molecule has 70 heavy (non-hydrogen) atoms. The Morgan fingerprint density at radius 3 is 1.36 bits per heavy atom. The zero-order chi connectivity index (χ0) is 46.6. The Hall–Kier alpha value is -9.01. The van der Waals surface area contributed by atoms with E-state index in [4.69, 9.17) is 4.98 Å². The van der Waals surface area contributed by atoms with E-state index in [2.05, 4.69) is 262 Å². The predicted octanol–water partition coefficient (Wildman–Crippen LogP) is 13.6. The molecule has 8 heteroatoms. The minimum Gasteiger partial charge on any atom is -0.330 e. The van der Waals surface area contributed by atoms with Gasteiger partial charge in [0.15, 0.2) is 0 Å². The number of aryl methyl sites for hydroxylation is 3. The quantitative estimate of drug-likeness (QED) is 0.135. The summed E-state index contributed by atoms with van der Waals surface area (Å²) in [4.78, 5) is 12.2. The SMILES string of the molecule is Cc1cn2c3c(ccc(N(c4ccccc4)c4ccccc4)c13)B1c3c-2cc(N(c2ccccn2)c2cc4ccccc4n2C)cc3-n2cc(C)c3c(N(c4ccccc4)c4ccccc4)ccc1c32. The molecule has 0 radical (unpaired) electrons. The van der Waals surface area contributed by atoms with Crippen LogP contribution in [-0.2, 0) is 7.05 Å². The summed E-state index contributed by atoms with van der Waals surface area (Å²) in [7, 11) is 2.16. The summed E-state index contributed by atoms with van der Waals surface area (Å²) in [5.74, 6) is 1.88. The highest BCUT2D eigenvalue weighted by molar-refractivity contribution is 7.00. The van der Waals surface area contributed by atoms with Crippen LogP contribution >= 0.6 is 0 Å². The highest BCUT2D eigenvalue weighted by Gasteiger charge is 2.42. The topological polar surface area (TPSA) is 37.4 Å². The lowest BCUT2D eigenvalue weighted by molar-refractivity contribution is 0.940. The molecule has 0 atom stereocenters. The number of para-hydroxylation sites is 5. The zero-order valence-corrected chi connectivity index (χ0v) is 39.1. The third-order valence-electron chi connectivity index (χ3n) is 14.7. The van der Waals surface area contributed by atoms with Gasteiger partial charge in [0.2, 0.25) is 0 Å². The van der Waals surface area contributed by atoms with E-state index in [1.807, 2.05) is 12.3 Å². The number of anilines is 9. The van der Waals surface area contributed by atoms with Crippen LogP contribution in [0.15, 0.2) is 225 Å². The van der Waals surface area contributed by atoms with Crippen molar-refractivity contribution in [3.05, 3.63) is 236 Å². The summed E-state index contributed by atoms with van der Waals surface area (Å²) in [5.41, 5.74) is 20.0. The van der Waals surface area contributed by atoms with Crippen molar-refractivity contribution in [1.29, 1.82) is 0 Å². The van der Waals surface area contributed by atoms with E-state index in [9.17, 15) is 0 Å². The van der Waals surface area contributed by atoms with Crippen LogP contribution in [0.3, 0.4) is 0 Å². The fraction of sp³-hybridized carbons (Fsp3) is 0.0484. The first-order chi connectivity index (χ1) is 34.5. The maximum absolute atomic E-state index is 5.06. The molecule has 0 fully saturated rings. The fourth-order valence-corrected chi connectivity index (χ4v) is 11.8. The minimum absolute atomic E-state index is 0.0551. The molecule has 0 aliphatic carbocycles. The average Bonchev–Trinajstić information content (AvgIpc) is 4.07. The average molecular weight is 900 g/mol. The van der Waals surface area contributed by atoms with E-state index in [0.717, 1.165) is 68.3 Å². The summed E-state index contributed by atoms with van der Waals surface area (Å²) >= 11 is 0. The summed E-state index contributed by atoms with van der Waals surface area (Å²) in [5, 5.41) is 3.65. The van der Waals surface area contributed by atoms with E-state index >= 15 is 0 Å². The molecule has 0 N–H and O–H groups in total. The number of hydrogen-bond acceptors (Lipinski definition) is 4. The molecule has 2 aliphatic rings. The number of fused-ring (bicyclic) bond motifs is 5. The second-order valence-corrected chi connectivity index (χ2v) is 18.6. The number of rotatable bonds is 9. The van der Waals surface area contributed by atoms with Gasteiger partial charge in [-0.3, -0.25) is 4.90 Å². The Morgan fingerprint density at radius 1 is 0.443 bits per heavy atom. The molecule has 0 spiro atoms.